The Morgan fingerprint density at radius 2 is 1.55 bits per heavy atom. The third-order valence-corrected chi connectivity index (χ3v) is 5.07. The van der Waals surface area contributed by atoms with Crippen LogP contribution in [-0.4, -0.2) is 25.4 Å². The molecule has 0 radical (unpaired) electrons. The Morgan fingerprint density at radius 1 is 0.806 bits per heavy atom. The lowest BCUT2D eigenvalue weighted by Gasteiger charge is -2.10. The zero-order valence-corrected chi connectivity index (χ0v) is 16.6. The normalized spacial score (nSPS) is 10.8. The monoisotopic (exact) mass is 405 g/mol. The number of hydrogen-bond donors (Lipinski definition) is 1. The van der Waals surface area contributed by atoms with E-state index in [4.69, 9.17) is 0 Å². The van der Waals surface area contributed by atoms with Crippen LogP contribution in [0.15, 0.2) is 97.6 Å². The molecule has 2 aromatic heterocycles. The number of rotatable bonds is 5. The van der Waals surface area contributed by atoms with E-state index < -0.39 is 0 Å². The average Bonchev–Trinajstić information content (AvgIpc) is 3.24. The highest BCUT2D eigenvalue weighted by molar-refractivity contribution is 6.07. The molecule has 0 aliphatic rings. The van der Waals surface area contributed by atoms with Gasteiger partial charge >= 0.3 is 0 Å². The maximum Gasteiger partial charge on any atom is 0.256 e. The number of fused-ring (bicyclic) bond motifs is 1. The van der Waals surface area contributed by atoms with Gasteiger partial charge in [0, 0.05) is 12.1 Å². The van der Waals surface area contributed by atoms with Gasteiger partial charge in [-0.3, -0.25) is 4.79 Å². The minimum absolute atomic E-state index is 0.231. The first-order chi connectivity index (χ1) is 15.3. The van der Waals surface area contributed by atoms with Gasteiger partial charge in [0.1, 0.15) is 11.8 Å². The largest absolute Gasteiger partial charge is 0.322 e. The Bertz CT molecular complexity index is 1350. The topological polar surface area (TPSA) is 72.7 Å². The molecule has 0 atom stereocenters. The zero-order chi connectivity index (χ0) is 21.0. The summed E-state index contributed by atoms with van der Waals surface area (Å²) in [5, 5.41) is 2.94. The van der Waals surface area contributed by atoms with Crippen molar-refractivity contribution in [2.24, 2.45) is 0 Å². The fourth-order valence-corrected chi connectivity index (χ4v) is 3.55. The summed E-state index contributed by atoms with van der Waals surface area (Å²) in [4.78, 5) is 26.0. The Morgan fingerprint density at radius 3 is 2.35 bits per heavy atom. The first-order valence-corrected chi connectivity index (χ1v) is 9.94. The van der Waals surface area contributed by atoms with Crippen molar-refractivity contribution < 1.29 is 4.79 Å². The lowest BCUT2D eigenvalue weighted by Crippen LogP contribution is -2.14. The quantitative estimate of drug-likeness (QED) is 0.456. The molecule has 0 aliphatic carbocycles. The van der Waals surface area contributed by atoms with E-state index in [2.05, 4.69) is 20.3 Å². The van der Waals surface area contributed by atoms with E-state index in [0.717, 1.165) is 16.7 Å². The molecule has 0 saturated carbocycles. The second-order valence-electron chi connectivity index (χ2n) is 7.15. The summed E-state index contributed by atoms with van der Waals surface area (Å²) in [5.74, 6) is 0.207. The van der Waals surface area contributed by atoms with E-state index in [1.54, 1.807) is 12.4 Å². The van der Waals surface area contributed by atoms with E-state index in [-0.39, 0.29) is 5.91 Å². The number of carbonyl (C=O) groups is 1. The SMILES string of the molecule is O=C(Nc1ncnc2ncn(Cc3ccccc3)c12)c1cccc(-c2ccccc2)c1. The van der Waals surface area contributed by atoms with E-state index in [9.17, 15) is 4.79 Å². The highest BCUT2D eigenvalue weighted by Gasteiger charge is 2.15. The molecule has 31 heavy (non-hydrogen) atoms. The van der Waals surface area contributed by atoms with Gasteiger partial charge < -0.3 is 9.88 Å². The van der Waals surface area contributed by atoms with Crippen LogP contribution in [0.2, 0.25) is 0 Å². The molecular weight excluding hydrogens is 386 g/mol. The fourth-order valence-electron chi connectivity index (χ4n) is 3.55. The number of anilines is 1. The number of carbonyl (C=O) groups excluding carboxylic acids is 1. The minimum Gasteiger partial charge on any atom is -0.322 e. The van der Waals surface area contributed by atoms with Gasteiger partial charge in [0.15, 0.2) is 11.5 Å². The summed E-state index contributed by atoms with van der Waals surface area (Å²) in [7, 11) is 0. The van der Waals surface area contributed by atoms with Gasteiger partial charge in [0.05, 0.1) is 6.33 Å². The van der Waals surface area contributed by atoms with Crippen LogP contribution in [0.4, 0.5) is 5.82 Å². The van der Waals surface area contributed by atoms with Gasteiger partial charge in [-0.15, -0.1) is 0 Å². The van der Waals surface area contributed by atoms with Gasteiger partial charge in [-0.1, -0.05) is 72.8 Å². The van der Waals surface area contributed by atoms with Gasteiger partial charge in [-0.05, 0) is 28.8 Å². The van der Waals surface area contributed by atoms with Crippen molar-refractivity contribution in [3.8, 4) is 11.1 Å². The minimum atomic E-state index is -0.231. The summed E-state index contributed by atoms with van der Waals surface area (Å²) in [6, 6.07) is 27.6. The van der Waals surface area contributed by atoms with Crippen LogP contribution >= 0.6 is 0 Å². The smallest absolute Gasteiger partial charge is 0.256 e. The number of nitrogens with one attached hydrogen (secondary N) is 1. The lowest BCUT2D eigenvalue weighted by molar-refractivity contribution is 0.102. The summed E-state index contributed by atoms with van der Waals surface area (Å²) >= 11 is 0. The molecule has 3 aromatic carbocycles. The van der Waals surface area contributed by atoms with Crippen molar-refractivity contribution in [1.29, 1.82) is 0 Å². The van der Waals surface area contributed by atoms with Crippen LogP contribution in [0, 0.1) is 0 Å². The molecule has 1 N–H and O–H groups in total. The molecule has 0 aliphatic heterocycles. The van der Waals surface area contributed by atoms with Crippen molar-refractivity contribution in [2.75, 3.05) is 5.32 Å². The molecule has 1 amide bonds. The van der Waals surface area contributed by atoms with Crippen LogP contribution in [0.3, 0.4) is 0 Å². The van der Waals surface area contributed by atoms with E-state index in [0.29, 0.717) is 29.1 Å². The third-order valence-electron chi connectivity index (χ3n) is 5.07. The van der Waals surface area contributed by atoms with E-state index in [1.807, 2.05) is 83.4 Å². The third kappa shape index (κ3) is 3.91. The standard InChI is InChI=1S/C25H19N5O/c31-25(21-13-7-12-20(14-21)19-10-5-2-6-11-19)29-24-22-23(26-16-27-24)28-17-30(22)15-18-8-3-1-4-9-18/h1-14,16-17H,15H2,(H,26,27,29,31). The maximum atomic E-state index is 13.0. The molecule has 0 spiro atoms. The molecule has 0 unspecified atom stereocenters. The summed E-state index contributed by atoms with van der Waals surface area (Å²) in [6.45, 7) is 0.608. The molecule has 5 aromatic rings. The predicted octanol–water partition coefficient (Wildman–Crippen LogP) is 4.79. The van der Waals surface area contributed by atoms with Gasteiger partial charge in [0.25, 0.3) is 5.91 Å². The zero-order valence-electron chi connectivity index (χ0n) is 16.6. The molecule has 2 heterocycles. The molecule has 150 valence electrons. The van der Waals surface area contributed by atoms with Crippen molar-refractivity contribution >= 4 is 22.9 Å². The molecule has 0 saturated heterocycles. The average molecular weight is 405 g/mol. The second kappa shape index (κ2) is 8.20. The predicted molar refractivity (Wildman–Crippen MR) is 121 cm³/mol. The number of aromatic nitrogens is 4. The van der Waals surface area contributed by atoms with Crippen LogP contribution in [0.1, 0.15) is 15.9 Å². The summed E-state index contributed by atoms with van der Waals surface area (Å²) < 4.78 is 1.95. The number of nitrogens with zero attached hydrogens (tertiary/aromatic N) is 4. The maximum absolute atomic E-state index is 13.0. The first kappa shape index (κ1) is 18.7. The van der Waals surface area contributed by atoms with Crippen molar-refractivity contribution in [3.63, 3.8) is 0 Å². The molecule has 5 rings (SSSR count). The number of amides is 1. The highest BCUT2D eigenvalue weighted by atomic mass is 16.1. The number of benzene rings is 3. The van der Waals surface area contributed by atoms with Crippen LogP contribution in [-0.2, 0) is 6.54 Å². The Balaban J connectivity index is 1.46. The number of imidazole rings is 1. The fraction of sp³-hybridized carbons (Fsp3) is 0.0400. The molecule has 0 fully saturated rings. The lowest BCUT2D eigenvalue weighted by atomic mass is 10.0. The molecule has 0 bridgehead atoms. The van der Waals surface area contributed by atoms with Gasteiger partial charge in [-0.25, -0.2) is 15.0 Å². The van der Waals surface area contributed by atoms with E-state index in [1.165, 1.54) is 6.33 Å². The highest BCUT2D eigenvalue weighted by Crippen LogP contribution is 2.23. The van der Waals surface area contributed by atoms with Crippen LogP contribution in [0.25, 0.3) is 22.3 Å². The van der Waals surface area contributed by atoms with Crippen molar-refractivity contribution in [3.05, 3.63) is 109 Å². The summed E-state index contributed by atoms with van der Waals surface area (Å²) in [5.41, 5.74) is 4.96. The Hall–Kier alpha value is -4.32. The van der Waals surface area contributed by atoms with Crippen LogP contribution < -0.4 is 5.32 Å². The van der Waals surface area contributed by atoms with Gasteiger partial charge in [-0.2, -0.15) is 0 Å². The Labute approximate surface area is 179 Å². The molecule has 6 nitrogen and oxygen atoms in total. The van der Waals surface area contributed by atoms with Crippen molar-refractivity contribution in [2.45, 2.75) is 6.54 Å². The summed E-state index contributed by atoms with van der Waals surface area (Å²) in [6.07, 6.45) is 3.14. The second-order valence-corrected chi connectivity index (χ2v) is 7.15. The number of hydrogen-bond acceptors (Lipinski definition) is 4. The Kier molecular flexibility index (Phi) is 4.94. The van der Waals surface area contributed by atoms with Crippen LogP contribution in [0.5, 0.6) is 0 Å². The van der Waals surface area contributed by atoms with Crippen molar-refractivity contribution in [1.82, 2.24) is 19.5 Å². The molecule has 6 heteroatoms. The van der Waals surface area contributed by atoms with Gasteiger partial charge in [0.2, 0.25) is 0 Å². The first-order valence-electron chi connectivity index (χ1n) is 9.94. The van der Waals surface area contributed by atoms with E-state index >= 15 is 0 Å². The molecular formula is C25H19N5O.